The Morgan fingerprint density at radius 3 is 2.16 bits per heavy atom. The van der Waals surface area contributed by atoms with Crippen molar-refractivity contribution < 1.29 is 23.7 Å². The number of nitrogens with zero attached hydrogens (tertiary/aromatic N) is 1. The second kappa shape index (κ2) is 15.7. The van der Waals surface area contributed by atoms with Crippen LogP contribution < -0.4 is 14.8 Å². The molecule has 0 saturated carbocycles. The molecule has 0 saturated heterocycles. The van der Waals surface area contributed by atoms with E-state index in [0.717, 1.165) is 12.0 Å². The van der Waals surface area contributed by atoms with Crippen LogP contribution >= 0.6 is 0 Å². The molecule has 0 fully saturated rings. The van der Waals surface area contributed by atoms with Crippen LogP contribution in [0.3, 0.4) is 0 Å². The first kappa shape index (κ1) is 29.9. The van der Waals surface area contributed by atoms with Crippen molar-refractivity contribution in [3.05, 3.63) is 36.4 Å². The summed E-state index contributed by atoms with van der Waals surface area (Å²) in [6.45, 7) is 12.7. The molecule has 1 amide bonds. The number of amides is 1. The van der Waals surface area contributed by atoms with Crippen molar-refractivity contribution in [2.75, 3.05) is 48.6 Å². The van der Waals surface area contributed by atoms with Gasteiger partial charge in [0, 0.05) is 27.3 Å². The minimum atomic E-state index is -0.373. The van der Waals surface area contributed by atoms with Crippen molar-refractivity contribution in [3.8, 4) is 11.5 Å². The number of allylic oxidation sites excluding steroid dienone is 1. The summed E-state index contributed by atoms with van der Waals surface area (Å²) in [5.41, 5.74) is 1.08. The molecule has 1 aromatic rings. The molecule has 1 N–H and O–H groups in total. The number of carbonyl (C=O) groups is 1. The van der Waals surface area contributed by atoms with E-state index in [2.05, 4.69) is 32.7 Å². The normalized spacial score (nSPS) is 12.1. The highest BCUT2D eigenvalue weighted by atomic mass is 16.7. The zero-order valence-corrected chi connectivity index (χ0v) is 21.5. The Bertz CT molecular complexity index is 669. The van der Waals surface area contributed by atoms with Gasteiger partial charge in [-0.2, -0.15) is 0 Å². The van der Waals surface area contributed by atoms with Crippen LogP contribution in [-0.2, 0) is 20.7 Å². The quantitative estimate of drug-likeness (QED) is 0.383. The number of nitrogens with one attached hydrogen (secondary N) is 1. The van der Waals surface area contributed by atoms with Crippen molar-refractivity contribution in [1.82, 2.24) is 10.2 Å². The number of hydrogen-bond acceptors (Lipinski definition) is 6. The lowest BCUT2D eigenvalue weighted by atomic mass is 9.87. The first-order chi connectivity index (χ1) is 15.1. The molecule has 0 aliphatic heterocycles. The maximum atomic E-state index is 13.0. The Hall–Kier alpha value is -2.09. The van der Waals surface area contributed by atoms with Gasteiger partial charge in [0.2, 0.25) is 5.91 Å². The predicted octanol–water partition coefficient (Wildman–Crippen LogP) is 3.91. The Morgan fingerprint density at radius 1 is 1.12 bits per heavy atom. The van der Waals surface area contributed by atoms with Crippen molar-refractivity contribution in [2.24, 2.45) is 5.41 Å². The molecule has 0 spiro atoms. The van der Waals surface area contributed by atoms with Crippen molar-refractivity contribution >= 4 is 5.91 Å². The van der Waals surface area contributed by atoms with Gasteiger partial charge in [0.1, 0.15) is 0 Å². The summed E-state index contributed by atoms with van der Waals surface area (Å²) in [6.07, 6.45) is 2.81. The lowest BCUT2D eigenvalue weighted by molar-refractivity contribution is -0.135. The number of carbonyl (C=O) groups excluding carboxylic acids is 1. The fourth-order valence-electron chi connectivity index (χ4n) is 3.12. The van der Waals surface area contributed by atoms with Gasteiger partial charge in [-0.25, -0.2) is 0 Å². The molecular weight excluding hydrogens is 408 g/mol. The molecule has 1 aromatic carbocycles. The fraction of sp³-hybridized carbons (Fsp3) is 0.640. The van der Waals surface area contributed by atoms with E-state index in [9.17, 15) is 4.79 Å². The topological polar surface area (TPSA) is 69.3 Å². The molecule has 0 aliphatic carbocycles. The Balaban J connectivity index is 0.00000302. The van der Waals surface area contributed by atoms with Crippen molar-refractivity contribution in [2.45, 2.75) is 52.9 Å². The smallest absolute Gasteiger partial charge is 0.237 e. The lowest BCUT2D eigenvalue weighted by Gasteiger charge is -2.33. The second-order valence-electron chi connectivity index (χ2n) is 8.76. The van der Waals surface area contributed by atoms with Gasteiger partial charge in [-0.3, -0.25) is 9.69 Å². The van der Waals surface area contributed by atoms with Crippen molar-refractivity contribution in [1.29, 1.82) is 0 Å². The van der Waals surface area contributed by atoms with E-state index in [0.29, 0.717) is 31.0 Å². The number of ether oxygens (including phenoxy) is 4. The summed E-state index contributed by atoms with van der Waals surface area (Å²) in [5.74, 6) is 1.39. The number of methoxy groups -OCH3 is 4. The summed E-state index contributed by atoms with van der Waals surface area (Å²) in [7, 11) is 8.36. The highest BCUT2D eigenvalue weighted by molar-refractivity contribution is 5.81. The minimum absolute atomic E-state index is 0.00820. The van der Waals surface area contributed by atoms with Gasteiger partial charge in [-0.1, -0.05) is 32.9 Å². The van der Waals surface area contributed by atoms with Gasteiger partial charge in [-0.15, -0.1) is 6.58 Å². The highest BCUT2D eigenvalue weighted by Gasteiger charge is 2.29. The molecule has 0 bridgehead atoms. The Morgan fingerprint density at radius 2 is 1.69 bits per heavy atom. The Labute approximate surface area is 195 Å². The molecule has 184 valence electrons. The average molecular weight is 453 g/mol. The molecule has 0 radical (unpaired) electrons. The number of benzene rings is 1. The van der Waals surface area contributed by atoms with E-state index in [1.807, 2.05) is 37.1 Å². The zero-order valence-electron chi connectivity index (χ0n) is 21.5. The van der Waals surface area contributed by atoms with E-state index in [1.54, 1.807) is 34.5 Å². The molecule has 7 nitrogen and oxygen atoms in total. The number of likely N-dealkylation sites (N-methyl/N-ethyl adjacent to an activating group) is 1. The molecule has 7 heteroatoms. The second-order valence-corrected chi connectivity index (χ2v) is 8.76. The summed E-state index contributed by atoms with van der Waals surface area (Å²) < 4.78 is 21.2. The van der Waals surface area contributed by atoms with E-state index in [-0.39, 0.29) is 23.7 Å². The van der Waals surface area contributed by atoms with Gasteiger partial charge in [0.05, 0.1) is 20.3 Å². The van der Waals surface area contributed by atoms with Gasteiger partial charge in [-0.05, 0) is 49.9 Å². The third-order valence-electron chi connectivity index (χ3n) is 4.76. The van der Waals surface area contributed by atoms with Crippen LogP contribution in [0, 0.1) is 5.41 Å². The lowest BCUT2D eigenvalue weighted by Crippen LogP contribution is -2.49. The highest BCUT2D eigenvalue weighted by Crippen LogP contribution is 2.27. The van der Waals surface area contributed by atoms with Crippen LogP contribution in [0.15, 0.2) is 30.9 Å². The van der Waals surface area contributed by atoms with E-state index in [1.165, 1.54) is 0 Å². The maximum Gasteiger partial charge on any atom is 0.237 e. The minimum Gasteiger partial charge on any atom is -0.493 e. The molecule has 1 atom stereocenters. The van der Waals surface area contributed by atoms with Gasteiger partial charge in [0.15, 0.2) is 17.8 Å². The van der Waals surface area contributed by atoms with E-state index in [4.69, 9.17) is 18.9 Å². The number of rotatable bonds is 12. The predicted molar refractivity (Wildman–Crippen MR) is 130 cm³/mol. The molecule has 0 aliphatic rings. The summed E-state index contributed by atoms with van der Waals surface area (Å²) in [6, 6.07) is 5.52. The van der Waals surface area contributed by atoms with Gasteiger partial charge >= 0.3 is 0 Å². The van der Waals surface area contributed by atoms with E-state index >= 15 is 0 Å². The van der Waals surface area contributed by atoms with E-state index < -0.39 is 0 Å². The summed E-state index contributed by atoms with van der Waals surface area (Å²) >= 11 is 0. The summed E-state index contributed by atoms with van der Waals surface area (Å²) in [4.78, 5) is 14.9. The molecule has 0 aromatic heterocycles. The molecule has 0 unspecified atom stereocenters. The fourth-order valence-corrected chi connectivity index (χ4v) is 3.12. The molecule has 1 rings (SSSR count). The van der Waals surface area contributed by atoms with Gasteiger partial charge in [0.25, 0.3) is 0 Å². The van der Waals surface area contributed by atoms with Crippen LogP contribution in [0.5, 0.6) is 11.5 Å². The molecule has 0 heterocycles. The van der Waals surface area contributed by atoms with Crippen LogP contribution in [0.2, 0.25) is 0 Å². The van der Waals surface area contributed by atoms with Crippen LogP contribution in [-0.4, -0.2) is 71.7 Å². The van der Waals surface area contributed by atoms with Gasteiger partial charge < -0.3 is 24.3 Å². The van der Waals surface area contributed by atoms with Crippen LogP contribution in [0.1, 0.15) is 39.7 Å². The number of hydrogen-bond donors (Lipinski definition) is 1. The summed E-state index contributed by atoms with van der Waals surface area (Å²) in [5, 5.41) is 3.08. The first-order valence-corrected chi connectivity index (χ1v) is 10.9. The standard InChI is InChI=1S/C22H38N2O5.C3H6/c1-22(2,3)14-17(24(4)15-20(28-7)29-8)21(25)23-12-11-16-9-10-18(26-5)19(13-16)27-6;1-3-2/h9-10,13,17,20H,11-12,14-15H2,1-8H3,(H,23,25);3H,1H2,2H3/t17-;/m1./s1. The zero-order chi connectivity index (χ0) is 24.7. The monoisotopic (exact) mass is 452 g/mol. The average Bonchev–Trinajstić information content (AvgIpc) is 2.75. The molecule has 32 heavy (non-hydrogen) atoms. The maximum absolute atomic E-state index is 13.0. The third-order valence-corrected chi connectivity index (χ3v) is 4.76. The third kappa shape index (κ3) is 11.5. The first-order valence-electron chi connectivity index (χ1n) is 10.9. The van der Waals surface area contributed by atoms with Crippen molar-refractivity contribution in [3.63, 3.8) is 0 Å². The van der Waals surface area contributed by atoms with Crippen LogP contribution in [0.4, 0.5) is 0 Å². The largest absolute Gasteiger partial charge is 0.493 e. The molecular formula is C25H44N2O5. The Kier molecular flexibility index (Phi) is 14.6. The van der Waals surface area contributed by atoms with Crippen LogP contribution in [0.25, 0.3) is 0 Å². The SMILES string of the molecule is C=CC.COc1ccc(CCNC(=O)[C@@H](CC(C)(C)C)N(C)CC(OC)OC)cc1OC.